The number of carbonyl (C=O) groups excluding carboxylic acids is 1. The summed E-state index contributed by atoms with van der Waals surface area (Å²) in [5.74, 6) is 0.844. The van der Waals surface area contributed by atoms with Gasteiger partial charge in [0, 0.05) is 18.9 Å². The van der Waals surface area contributed by atoms with E-state index in [1.807, 2.05) is 0 Å². The van der Waals surface area contributed by atoms with E-state index < -0.39 is 46.2 Å². The summed E-state index contributed by atoms with van der Waals surface area (Å²) < 4.78 is 51.1. The van der Waals surface area contributed by atoms with Gasteiger partial charge in [-0.25, -0.2) is 8.42 Å². The molecule has 274 valence electrons. The third kappa shape index (κ3) is 4.83. The first-order valence-corrected chi connectivity index (χ1v) is 20.4. The summed E-state index contributed by atoms with van der Waals surface area (Å²) in [6.07, 6.45) is 6.62. The molecule has 2 saturated heterocycles. The number of aliphatic hydroxyl groups is 2. The molecule has 0 radical (unpaired) electrons. The van der Waals surface area contributed by atoms with Crippen molar-refractivity contribution in [2.24, 2.45) is 50.7 Å². The van der Waals surface area contributed by atoms with Crippen LogP contribution in [0.15, 0.2) is 0 Å². The number of morpholine rings is 1. The highest BCUT2D eigenvalue weighted by Crippen LogP contribution is 2.89. The van der Waals surface area contributed by atoms with Gasteiger partial charge in [0.15, 0.2) is 12.4 Å². The van der Waals surface area contributed by atoms with Crippen LogP contribution < -0.4 is 0 Å². The van der Waals surface area contributed by atoms with Gasteiger partial charge in [0.2, 0.25) is 10.0 Å². The molecule has 5 saturated carbocycles. The minimum absolute atomic E-state index is 0.0108. The van der Waals surface area contributed by atoms with Gasteiger partial charge in [-0.05, 0) is 111 Å². The molecule has 2 spiro atoms. The lowest BCUT2D eigenvalue weighted by atomic mass is 9.41. The topological polar surface area (TPSA) is 132 Å². The molecule has 0 amide bonds. The van der Waals surface area contributed by atoms with E-state index in [0.29, 0.717) is 31.4 Å². The van der Waals surface area contributed by atoms with Crippen LogP contribution in [0, 0.1) is 50.7 Å². The number of nitrogens with zero attached hydrogens (tertiary/aromatic N) is 1. The number of fused-ring (bicyclic) bond motifs is 4. The van der Waals surface area contributed by atoms with Crippen molar-refractivity contribution < 1.29 is 42.4 Å². The normalized spacial score (nSPS) is 50.6. The Morgan fingerprint density at radius 2 is 1.71 bits per heavy atom. The lowest BCUT2D eigenvalue weighted by Gasteiger charge is -2.64. The fourth-order valence-corrected chi connectivity index (χ4v) is 14.6. The standard InChI is InChI=1S/C37H61NO9S/c1-21-18-23(31(33(5,6)41)45-22(2)39)46-29-28(21)34(7)14-15-37-20-36(37)13-12-26(47-27-19-38(16-17-44-27)48(9,42)43)32(3,4)24(36)10-11-25(37)35(34,8)30(29)40/h21,23-31,40-41H,10-20H2,1-9H3/t21?,23?,24-,25-,26?,27-,28?,29?,30-,31-,34+,35+,36+,37?/m0/s1. The van der Waals surface area contributed by atoms with Crippen LogP contribution >= 0.6 is 0 Å². The Morgan fingerprint density at radius 3 is 2.35 bits per heavy atom. The van der Waals surface area contributed by atoms with E-state index in [4.69, 9.17) is 18.9 Å². The molecule has 2 aliphatic heterocycles. The van der Waals surface area contributed by atoms with Crippen molar-refractivity contribution in [2.75, 3.05) is 26.0 Å². The lowest BCUT2D eigenvalue weighted by Crippen LogP contribution is -2.60. The number of hydrogen-bond acceptors (Lipinski definition) is 9. The Hall–Kier alpha value is -0.820. The molecular weight excluding hydrogens is 634 g/mol. The van der Waals surface area contributed by atoms with Crippen molar-refractivity contribution in [3.63, 3.8) is 0 Å². The number of carbonyl (C=O) groups is 1. The first-order valence-electron chi connectivity index (χ1n) is 18.6. The van der Waals surface area contributed by atoms with Crippen molar-refractivity contribution in [3.8, 4) is 0 Å². The number of ether oxygens (including phenoxy) is 4. The molecule has 14 atom stereocenters. The van der Waals surface area contributed by atoms with Gasteiger partial charge in [-0.3, -0.25) is 4.79 Å². The average molecular weight is 696 g/mol. The highest BCUT2D eigenvalue weighted by molar-refractivity contribution is 7.88. The van der Waals surface area contributed by atoms with E-state index in [1.165, 1.54) is 30.3 Å². The molecule has 2 N–H and O–H groups in total. The van der Waals surface area contributed by atoms with Crippen LogP contribution in [0.2, 0.25) is 0 Å². The minimum Gasteiger partial charge on any atom is -0.457 e. The predicted molar refractivity (Wildman–Crippen MR) is 179 cm³/mol. The molecule has 10 nitrogen and oxygen atoms in total. The van der Waals surface area contributed by atoms with Crippen LogP contribution in [-0.4, -0.2) is 97.3 Å². The number of aliphatic hydroxyl groups excluding tert-OH is 1. The number of hydrogen-bond donors (Lipinski definition) is 2. The zero-order valence-electron chi connectivity index (χ0n) is 30.7. The maximum atomic E-state index is 12.5. The summed E-state index contributed by atoms with van der Waals surface area (Å²) in [7, 11) is -3.30. The van der Waals surface area contributed by atoms with Gasteiger partial charge in [0.1, 0.15) is 0 Å². The Morgan fingerprint density at radius 1 is 1.04 bits per heavy atom. The molecule has 0 aromatic heterocycles. The fourth-order valence-electron chi connectivity index (χ4n) is 13.8. The largest absolute Gasteiger partial charge is 0.457 e. The lowest BCUT2D eigenvalue weighted by molar-refractivity contribution is -0.243. The fraction of sp³-hybridized carbons (Fsp3) is 0.973. The first kappa shape index (κ1) is 35.6. The summed E-state index contributed by atoms with van der Waals surface area (Å²) in [4.78, 5) is 12.1. The van der Waals surface area contributed by atoms with E-state index in [2.05, 4.69) is 34.6 Å². The zero-order valence-corrected chi connectivity index (χ0v) is 31.5. The van der Waals surface area contributed by atoms with E-state index >= 15 is 0 Å². The van der Waals surface area contributed by atoms with Crippen molar-refractivity contribution in [2.45, 2.75) is 149 Å². The Balaban J connectivity index is 1.13. The molecule has 48 heavy (non-hydrogen) atoms. The van der Waals surface area contributed by atoms with Crippen LogP contribution in [0.1, 0.15) is 107 Å². The molecule has 0 aromatic carbocycles. The smallest absolute Gasteiger partial charge is 0.303 e. The second kappa shape index (κ2) is 11.1. The maximum Gasteiger partial charge on any atom is 0.303 e. The molecule has 5 aliphatic carbocycles. The van der Waals surface area contributed by atoms with Gasteiger partial charge in [0.05, 0.1) is 49.4 Å². The van der Waals surface area contributed by atoms with E-state index in [0.717, 1.165) is 32.1 Å². The van der Waals surface area contributed by atoms with Crippen LogP contribution in [0.5, 0.6) is 0 Å². The van der Waals surface area contributed by atoms with Crippen molar-refractivity contribution in [1.29, 1.82) is 0 Å². The van der Waals surface area contributed by atoms with Crippen molar-refractivity contribution >= 4 is 16.0 Å². The zero-order chi connectivity index (χ0) is 35.0. The van der Waals surface area contributed by atoms with E-state index in [1.54, 1.807) is 13.8 Å². The Bertz CT molecular complexity index is 1410. The number of rotatable bonds is 6. The Kier molecular flexibility index (Phi) is 8.22. The molecule has 7 fully saturated rings. The average Bonchev–Trinajstić information content (AvgIpc) is 3.61. The van der Waals surface area contributed by atoms with Gasteiger partial charge in [-0.15, -0.1) is 0 Å². The predicted octanol–water partition coefficient (Wildman–Crippen LogP) is 4.51. The molecule has 7 rings (SSSR count). The number of sulfonamides is 1. The quantitative estimate of drug-likeness (QED) is 0.386. The van der Waals surface area contributed by atoms with Gasteiger partial charge < -0.3 is 29.2 Å². The highest BCUT2D eigenvalue weighted by atomic mass is 32.2. The first-order chi connectivity index (χ1) is 22.1. The Labute approximate surface area is 288 Å². The summed E-state index contributed by atoms with van der Waals surface area (Å²) in [6.45, 7) is 17.4. The van der Waals surface area contributed by atoms with E-state index in [-0.39, 0.29) is 57.7 Å². The monoisotopic (exact) mass is 695 g/mol. The molecule has 6 unspecified atom stereocenters. The minimum atomic E-state index is -3.30. The third-order valence-corrected chi connectivity index (χ3v) is 17.1. The second-order valence-electron chi connectivity index (χ2n) is 18.8. The molecule has 7 aliphatic rings. The van der Waals surface area contributed by atoms with Crippen molar-refractivity contribution in [3.05, 3.63) is 0 Å². The molecule has 11 heteroatoms. The summed E-state index contributed by atoms with van der Waals surface area (Å²) in [6, 6.07) is 0. The SMILES string of the molecule is CC(=O)O[C@@H](C1CC(C)C2C(O1)[C@H](O)[C@@]1(C)[C@@H]3CC[C@H]4C(C)(C)C(O[C@H]5CN(S(C)(=O)=O)CCO5)CC[C@@]45CC35CC[C@]21C)C(C)(C)O. The summed E-state index contributed by atoms with van der Waals surface area (Å²) in [5, 5.41) is 23.6. The van der Waals surface area contributed by atoms with Crippen LogP contribution in [0.4, 0.5) is 0 Å². The second-order valence-corrected chi connectivity index (χ2v) is 20.8. The summed E-state index contributed by atoms with van der Waals surface area (Å²) in [5.41, 5.74) is -1.39. The van der Waals surface area contributed by atoms with Gasteiger partial charge in [-0.2, -0.15) is 4.31 Å². The van der Waals surface area contributed by atoms with Gasteiger partial charge in [0.25, 0.3) is 0 Å². The van der Waals surface area contributed by atoms with Gasteiger partial charge >= 0.3 is 5.97 Å². The van der Waals surface area contributed by atoms with Crippen LogP contribution in [-0.2, 0) is 33.8 Å². The van der Waals surface area contributed by atoms with Crippen molar-refractivity contribution in [1.82, 2.24) is 4.31 Å². The maximum absolute atomic E-state index is 12.5. The molecule has 2 heterocycles. The van der Waals surface area contributed by atoms with E-state index in [9.17, 15) is 23.4 Å². The molecule has 0 aromatic rings. The van der Waals surface area contributed by atoms with Gasteiger partial charge in [-0.1, -0.05) is 34.6 Å². The highest BCUT2D eigenvalue weighted by Gasteiger charge is 2.84. The van der Waals surface area contributed by atoms with Crippen LogP contribution in [0.25, 0.3) is 0 Å². The van der Waals surface area contributed by atoms with Crippen LogP contribution in [0.3, 0.4) is 0 Å². The number of esters is 1. The molecule has 0 bridgehead atoms. The third-order valence-electron chi connectivity index (χ3n) is 15.9. The molecular formula is C37H61NO9S. The summed E-state index contributed by atoms with van der Waals surface area (Å²) >= 11 is 0.